The predicted molar refractivity (Wildman–Crippen MR) is 51.0 cm³/mol. The van der Waals surface area contributed by atoms with Crippen molar-refractivity contribution in [2.24, 2.45) is 0 Å². The number of likely N-dealkylation sites (N-methyl/N-ethyl adjacent to an activating group) is 2. The Morgan fingerprint density at radius 1 is 1.25 bits per heavy atom. The van der Waals surface area contributed by atoms with E-state index in [1.54, 1.807) is 13.0 Å². The number of carbonyl (C=O) groups excluding carboxylic acids is 1. The number of hydrogen-bond acceptors (Lipinski definition) is 3. The van der Waals surface area contributed by atoms with Crippen molar-refractivity contribution in [1.82, 2.24) is 9.80 Å². The average molecular weight is 170 g/mol. The van der Waals surface area contributed by atoms with E-state index in [-0.39, 0.29) is 5.78 Å². The van der Waals surface area contributed by atoms with Crippen LogP contribution in [0.25, 0.3) is 0 Å². The molecule has 0 rings (SSSR count). The minimum Gasteiger partial charge on any atom is -0.380 e. The van der Waals surface area contributed by atoms with Crippen LogP contribution in [0, 0.1) is 0 Å². The van der Waals surface area contributed by atoms with Gasteiger partial charge in [0.05, 0.1) is 0 Å². The van der Waals surface area contributed by atoms with Crippen LogP contribution in [0.1, 0.15) is 6.92 Å². The lowest BCUT2D eigenvalue weighted by Gasteiger charge is -2.20. The van der Waals surface area contributed by atoms with Gasteiger partial charge in [0.25, 0.3) is 0 Å². The van der Waals surface area contributed by atoms with Gasteiger partial charge in [0.15, 0.2) is 5.78 Å². The molecule has 0 aromatic carbocycles. The first-order valence-electron chi connectivity index (χ1n) is 3.96. The van der Waals surface area contributed by atoms with Crippen molar-refractivity contribution in [2.75, 3.05) is 34.7 Å². The molecule has 0 radical (unpaired) electrons. The molecule has 0 aliphatic rings. The molecule has 0 aromatic heterocycles. The zero-order valence-electron chi connectivity index (χ0n) is 8.59. The topological polar surface area (TPSA) is 23.6 Å². The quantitative estimate of drug-likeness (QED) is 0.577. The maximum absolute atomic E-state index is 10.8. The highest BCUT2D eigenvalue weighted by Crippen LogP contribution is 1.99. The van der Waals surface area contributed by atoms with Crippen LogP contribution >= 0.6 is 0 Å². The van der Waals surface area contributed by atoms with Crippen LogP contribution in [0.5, 0.6) is 0 Å². The Morgan fingerprint density at radius 2 is 1.75 bits per heavy atom. The molecule has 3 nitrogen and oxygen atoms in total. The van der Waals surface area contributed by atoms with E-state index in [0.717, 1.165) is 12.2 Å². The molecule has 0 aliphatic heterocycles. The summed E-state index contributed by atoms with van der Waals surface area (Å²) in [7, 11) is 7.85. The summed E-state index contributed by atoms with van der Waals surface area (Å²) in [6, 6.07) is 0. The Labute approximate surface area is 74.7 Å². The molecule has 0 amide bonds. The first kappa shape index (κ1) is 11.2. The van der Waals surface area contributed by atoms with E-state index in [4.69, 9.17) is 0 Å². The zero-order chi connectivity index (χ0) is 9.72. The summed E-state index contributed by atoms with van der Waals surface area (Å²) >= 11 is 0. The van der Waals surface area contributed by atoms with Gasteiger partial charge in [-0.25, -0.2) is 0 Å². The predicted octanol–water partition coefficient (Wildman–Crippen LogP) is 0.583. The van der Waals surface area contributed by atoms with Crippen molar-refractivity contribution in [1.29, 1.82) is 0 Å². The second kappa shape index (κ2) is 4.93. The largest absolute Gasteiger partial charge is 0.380 e. The first-order valence-corrected chi connectivity index (χ1v) is 3.96. The van der Waals surface area contributed by atoms with E-state index in [0.29, 0.717) is 0 Å². The molecule has 0 unspecified atom stereocenters. The molecule has 0 saturated heterocycles. The van der Waals surface area contributed by atoms with E-state index in [2.05, 4.69) is 0 Å². The smallest absolute Gasteiger partial charge is 0.154 e. The van der Waals surface area contributed by atoms with Gasteiger partial charge in [-0.05, 0) is 21.0 Å². The molecule has 0 atom stereocenters. The number of rotatable bonds is 4. The van der Waals surface area contributed by atoms with Crippen molar-refractivity contribution < 1.29 is 4.79 Å². The number of nitrogens with zero attached hydrogens (tertiary/aromatic N) is 2. The Morgan fingerprint density at radius 3 is 2.00 bits per heavy atom. The van der Waals surface area contributed by atoms with Gasteiger partial charge in [0, 0.05) is 32.4 Å². The van der Waals surface area contributed by atoms with Crippen molar-refractivity contribution in [2.45, 2.75) is 6.92 Å². The molecule has 70 valence electrons. The van der Waals surface area contributed by atoms with E-state index in [1.165, 1.54) is 0 Å². The maximum Gasteiger partial charge on any atom is 0.154 e. The third-order valence-corrected chi connectivity index (χ3v) is 1.42. The van der Waals surface area contributed by atoms with E-state index >= 15 is 0 Å². The molecule has 12 heavy (non-hydrogen) atoms. The Kier molecular flexibility index (Phi) is 4.59. The molecule has 0 bridgehead atoms. The SMILES string of the molecule is CC(=O)C=C(CN(C)C)N(C)C. The molecule has 0 heterocycles. The zero-order valence-corrected chi connectivity index (χ0v) is 8.59. The van der Waals surface area contributed by atoms with E-state index in [9.17, 15) is 4.79 Å². The highest BCUT2D eigenvalue weighted by Gasteiger charge is 2.02. The Bertz CT molecular complexity index is 183. The molecule has 0 saturated carbocycles. The minimum atomic E-state index is 0.0977. The molecule has 0 spiro atoms. The summed E-state index contributed by atoms with van der Waals surface area (Å²) in [6.07, 6.45) is 1.67. The number of hydrogen-bond donors (Lipinski definition) is 0. The van der Waals surface area contributed by atoms with Gasteiger partial charge in [-0.2, -0.15) is 0 Å². The third kappa shape index (κ3) is 4.91. The molecule has 0 aromatic rings. The van der Waals surface area contributed by atoms with Crippen LogP contribution in [-0.4, -0.2) is 50.3 Å². The highest BCUT2D eigenvalue weighted by molar-refractivity contribution is 5.87. The molecule has 0 N–H and O–H groups in total. The van der Waals surface area contributed by atoms with Gasteiger partial charge in [-0.3, -0.25) is 4.79 Å². The van der Waals surface area contributed by atoms with Crippen LogP contribution in [0.15, 0.2) is 11.8 Å². The summed E-state index contributed by atoms with van der Waals surface area (Å²) in [5.41, 5.74) is 1.03. The van der Waals surface area contributed by atoms with Gasteiger partial charge >= 0.3 is 0 Å². The number of allylic oxidation sites excluding steroid dienone is 1. The molecular formula is C9H18N2O. The minimum absolute atomic E-state index is 0.0977. The van der Waals surface area contributed by atoms with Gasteiger partial charge in [0.2, 0.25) is 0 Å². The Balaban J connectivity index is 4.33. The molecule has 0 aliphatic carbocycles. The summed E-state index contributed by atoms with van der Waals surface area (Å²) < 4.78 is 0. The van der Waals surface area contributed by atoms with Gasteiger partial charge in [-0.1, -0.05) is 0 Å². The highest BCUT2D eigenvalue weighted by atomic mass is 16.1. The van der Waals surface area contributed by atoms with Crippen LogP contribution in [0.3, 0.4) is 0 Å². The van der Waals surface area contributed by atoms with Crippen molar-refractivity contribution >= 4 is 5.78 Å². The van der Waals surface area contributed by atoms with Crippen LogP contribution in [-0.2, 0) is 4.79 Å². The average Bonchev–Trinajstić information content (AvgIpc) is 1.83. The monoisotopic (exact) mass is 170 g/mol. The second-order valence-corrected chi connectivity index (χ2v) is 3.38. The van der Waals surface area contributed by atoms with Gasteiger partial charge < -0.3 is 9.80 Å². The van der Waals surface area contributed by atoms with Gasteiger partial charge in [0.1, 0.15) is 0 Å². The number of ketones is 1. The summed E-state index contributed by atoms with van der Waals surface area (Å²) in [4.78, 5) is 14.8. The van der Waals surface area contributed by atoms with Crippen LogP contribution in [0.4, 0.5) is 0 Å². The van der Waals surface area contributed by atoms with Crippen molar-refractivity contribution in [3.63, 3.8) is 0 Å². The lowest BCUT2D eigenvalue weighted by molar-refractivity contribution is -0.112. The first-order chi connectivity index (χ1) is 5.43. The fourth-order valence-electron chi connectivity index (χ4n) is 0.875. The molecule has 0 fully saturated rings. The summed E-state index contributed by atoms with van der Waals surface area (Å²) in [5, 5.41) is 0. The third-order valence-electron chi connectivity index (χ3n) is 1.42. The maximum atomic E-state index is 10.8. The lowest BCUT2D eigenvalue weighted by Crippen LogP contribution is -2.24. The van der Waals surface area contributed by atoms with Crippen molar-refractivity contribution in [3.8, 4) is 0 Å². The van der Waals surface area contributed by atoms with Crippen LogP contribution in [0.2, 0.25) is 0 Å². The normalized spacial score (nSPS) is 12.0. The summed E-state index contributed by atoms with van der Waals surface area (Å²) in [6.45, 7) is 2.37. The fraction of sp³-hybridized carbons (Fsp3) is 0.667. The second-order valence-electron chi connectivity index (χ2n) is 3.38. The van der Waals surface area contributed by atoms with Gasteiger partial charge in [-0.15, -0.1) is 0 Å². The molecule has 3 heteroatoms. The number of carbonyl (C=O) groups is 1. The van der Waals surface area contributed by atoms with Crippen LogP contribution < -0.4 is 0 Å². The lowest BCUT2D eigenvalue weighted by atomic mass is 10.3. The fourth-order valence-corrected chi connectivity index (χ4v) is 0.875. The molecular weight excluding hydrogens is 152 g/mol. The van der Waals surface area contributed by atoms with E-state index in [1.807, 2.05) is 38.0 Å². The summed E-state index contributed by atoms with van der Waals surface area (Å²) in [5.74, 6) is 0.0977. The van der Waals surface area contributed by atoms with E-state index < -0.39 is 0 Å². The standard InChI is InChI=1S/C9H18N2O/c1-8(12)6-9(11(4)5)7-10(2)3/h6H,7H2,1-5H3. The van der Waals surface area contributed by atoms with Crippen molar-refractivity contribution in [3.05, 3.63) is 11.8 Å². The Hall–Kier alpha value is -0.830.